The standard InChI is InChI=1S/C19H27N/c1-3-4-5-9-12-19-17(2)13-15-20(19)16-14-18-10-7-6-8-11-18/h5-8,10-12,17,19H,3-4,13-16H2,1-2H3/t9?,17-,19-/m0/s1. The molecule has 0 aromatic heterocycles. The van der Waals surface area contributed by atoms with Gasteiger partial charge < -0.3 is 0 Å². The van der Waals surface area contributed by atoms with Crippen LogP contribution in [0.25, 0.3) is 0 Å². The Balaban J connectivity index is 1.91. The van der Waals surface area contributed by atoms with E-state index in [9.17, 15) is 0 Å². The summed E-state index contributed by atoms with van der Waals surface area (Å²) >= 11 is 0. The quantitative estimate of drug-likeness (QED) is 0.690. The van der Waals surface area contributed by atoms with Crippen molar-refractivity contribution in [3.8, 4) is 0 Å². The van der Waals surface area contributed by atoms with Crippen LogP contribution >= 0.6 is 0 Å². The van der Waals surface area contributed by atoms with E-state index in [0.29, 0.717) is 6.04 Å². The van der Waals surface area contributed by atoms with Crippen LogP contribution in [0.4, 0.5) is 0 Å². The number of nitrogens with zero attached hydrogens (tertiary/aromatic N) is 1. The molecule has 1 heteroatoms. The average Bonchev–Trinajstić information content (AvgIpc) is 2.83. The Morgan fingerprint density at radius 2 is 2.10 bits per heavy atom. The van der Waals surface area contributed by atoms with Gasteiger partial charge in [0.1, 0.15) is 0 Å². The molecule has 0 radical (unpaired) electrons. The molecule has 1 aromatic carbocycles. The molecular formula is C19H27N. The zero-order valence-corrected chi connectivity index (χ0v) is 12.9. The van der Waals surface area contributed by atoms with Gasteiger partial charge in [0, 0.05) is 12.6 Å². The first-order valence-electron chi connectivity index (χ1n) is 8.00. The van der Waals surface area contributed by atoms with E-state index in [4.69, 9.17) is 0 Å². The number of hydrogen-bond acceptors (Lipinski definition) is 1. The smallest absolute Gasteiger partial charge is 0.0378 e. The lowest BCUT2D eigenvalue weighted by molar-refractivity contribution is 0.275. The monoisotopic (exact) mass is 269 g/mol. The van der Waals surface area contributed by atoms with E-state index in [1.165, 1.54) is 24.9 Å². The van der Waals surface area contributed by atoms with Gasteiger partial charge in [-0.15, -0.1) is 5.73 Å². The van der Waals surface area contributed by atoms with Gasteiger partial charge in [-0.3, -0.25) is 4.90 Å². The fourth-order valence-electron chi connectivity index (χ4n) is 2.89. The van der Waals surface area contributed by atoms with Crippen LogP contribution in [-0.2, 0) is 6.42 Å². The van der Waals surface area contributed by atoms with Crippen LogP contribution in [0, 0.1) is 5.92 Å². The van der Waals surface area contributed by atoms with Crippen LogP contribution in [0.5, 0.6) is 0 Å². The molecule has 108 valence electrons. The van der Waals surface area contributed by atoms with Crippen LogP contribution < -0.4 is 0 Å². The van der Waals surface area contributed by atoms with Crippen LogP contribution in [-0.4, -0.2) is 24.0 Å². The Labute approximate surface area is 124 Å². The number of unbranched alkanes of at least 4 members (excludes halogenated alkanes) is 1. The summed E-state index contributed by atoms with van der Waals surface area (Å²) < 4.78 is 0. The SMILES string of the molecule is CCCC=C=C[C@H]1[C@@H](C)CCN1CCc1ccccc1. The molecule has 0 saturated carbocycles. The van der Waals surface area contributed by atoms with Gasteiger partial charge in [-0.25, -0.2) is 0 Å². The Kier molecular flexibility index (Phi) is 6.11. The molecule has 0 amide bonds. The first-order chi connectivity index (χ1) is 9.81. The third-order valence-electron chi connectivity index (χ3n) is 4.22. The van der Waals surface area contributed by atoms with Crippen LogP contribution in [0.2, 0.25) is 0 Å². The summed E-state index contributed by atoms with van der Waals surface area (Å²) in [4.78, 5) is 2.62. The molecule has 1 aliphatic heterocycles. The second-order valence-electron chi connectivity index (χ2n) is 5.85. The van der Waals surface area contributed by atoms with Gasteiger partial charge in [-0.05, 0) is 49.4 Å². The molecule has 2 rings (SSSR count). The van der Waals surface area contributed by atoms with Gasteiger partial charge in [0.25, 0.3) is 0 Å². The number of hydrogen-bond donors (Lipinski definition) is 0. The molecule has 1 saturated heterocycles. The first-order valence-corrected chi connectivity index (χ1v) is 8.00. The Bertz CT molecular complexity index is 442. The van der Waals surface area contributed by atoms with E-state index in [-0.39, 0.29) is 0 Å². The molecule has 0 aliphatic carbocycles. The highest BCUT2D eigenvalue weighted by Crippen LogP contribution is 2.24. The summed E-state index contributed by atoms with van der Waals surface area (Å²) in [5.41, 5.74) is 4.84. The van der Waals surface area contributed by atoms with Gasteiger partial charge >= 0.3 is 0 Å². The Morgan fingerprint density at radius 3 is 2.85 bits per heavy atom. The van der Waals surface area contributed by atoms with Gasteiger partial charge in [0.2, 0.25) is 0 Å². The van der Waals surface area contributed by atoms with E-state index >= 15 is 0 Å². The predicted octanol–water partition coefficient (Wildman–Crippen LogP) is 4.45. The highest BCUT2D eigenvalue weighted by Gasteiger charge is 2.28. The normalized spacial score (nSPS) is 22.5. The third kappa shape index (κ3) is 4.37. The van der Waals surface area contributed by atoms with E-state index in [2.05, 4.69) is 67.0 Å². The van der Waals surface area contributed by atoms with Crippen molar-refractivity contribution in [3.05, 3.63) is 53.8 Å². The lowest BCUT2D eigenvalue weighted by Crippen LogP contribution is -2.32. The largest absolute Gasteiger partial charge is 0.296 e. The number of likely N-dealkylation sites (tertiary alicyclic amines) is 1. The van der Waals surface area contributed by atoms with Crippen molar-refractivity contribution >= 4 is 0 Å². The molecular weight excluding hydrogens is 242 g/mol. The molecule has 1 heterocycles. The maximum atomic E-state index is 3.40. The van der Waals surface area contributed by atoms with Crippen molar-refractivity contribution < 1.29 is 0 Å². The second-order valence-corrected chi connectivity index (χ2v) is 5.85. The summed E-state index contributed by atoms with van der Waals surface area (Å²) in [6.45, 7) is 6.96. The highest BCUT2D eigenvalue weighted by molar-refractivity contribution is 5.15. The minimum Gasteiger partial charge on any atom is -0.296 e. The lowest BCUT2D eigenvalue weighted by Gasteiger charge is -2.23. The van der Waals surface area contributed by atoms with E-state index in [1.54, 1.807) is 0 Å². The minimum absolute atomic E-state index is 0.576. The Morgan fingerprint density at radius 1 is 1.30 bits per heavy atom. The summed E-state index contributed by atoms with van der Waals surface area (Å²) in [5.74, 6) is 0.758. The molecule has 2 atom stereocenters. The minimum atomic E-state index is 0.576. The van der Waals surface area contributed by atoms with E-state index < -0.39 is 0 Å². The van der Waals surface area contributed by atoms with Crippen molar-refractivity contribution in [1.82, 2.24) is 4.90 Å². The van der Waals surface area contributed by atoms with Crippen molar-refractivity contribution in [2.24, 2.45) is 5.92 Å². The van der Waals surface area contributed by atoms with Gasteiger partial charge in [-0.2, -0.15) is 0 Å². The van der Waals surface area contributed by atoms with Crippen molar-refractivity contribution in [2.45, 2.75) is 45.6 Å². The fraction of sp³-hybridized carbons (Fsp3) is 0.526. The molecule has 20 heavy (non-hydrogen) atoms. The average molecular weight is 269 g/mol. The number of benzene rings is 1. The van der Waals surface area contributed by atoms with Gasteiger partial charge in [0.15, 0.2) is 0 Å². The fourth-order valence-corrected chi connectivity index (χ4v) is 2.89. The molecule has 1 aliphatic rings. The zero-order valence-electron chi connectivity index (χ0n) is 12.9. The van der Waals surface area contributed by atoms with Crippen molar-refractivity contribution in [1.29, 1.82) is 0 Å². The maximum Gasteiger partial charge on any atom is 0.0378 e. The predicted molar refractivity (Wildman–Crippen MR) is 86.8 cm³/mol. The molecule has 0 spiro atoms. The molecule has 1 aromatic rings. The summed E-state index contributed by atoms with van der Waals surface area (Å²) in [6, 6.07) is 11.4. The van der Waals surface area contributed by atoms with Crippen LogP contribution in [0.15, 0.2) is 48.2 Å². The summed E-state index contributed by atoms with van der Waals surface area (Å²) in [5, 5.41) is 0. The molecule has 0 unspecified atom stereocenters. The van der Waals surface area contributed by atoms with Gasteiger partial charge in [-0.1, -0.05) is 50.6 Å². The molecule has 0 N–H and O–H groups in total. The van der Waals surface area contributed by atoms with Crippen LogP contribution in [0.1, 0.15) is 38.7 Å². The van der Waals surface area contributed by atoms with Gasteiger partial charge in [0.05, 0.1) is 0 Å². The molecule has 0 bridgehead atoms. The van der Waals surface area contributed by atoms with Crippen molar-refractivity contribution in [3.63, 3.8) is 0 Å². The molecule has 1 fully saturated rings. The molecule has 1 nitrogen and oxygen atoms in total. The van der Waals surface area contributed by atoms with E-state index in [0.717, 1.165) is 25.3 Å². The second kappa shape index (κ2) is 8.09. The zero-order chi connectivity index (χ0) is 14.2. The highest BCUT2D eigenvalue weighted by atomic mass is 15.2. The lowest BCUT2D eigenvalue weighted by atomic mass is 10.0. The third-order valence-corrected chi connectivity index (χ3v) is 4.22. The van der Waals surface area contributed by atoms with Crippen molar-refractivity contribution in [2.75, 3.05) is 13.1 Å². The first kappa shape index (κ1) is 15.1. The topological polar surface area (TPSA) is 3.24 Å². The maximum absolute atomic E-state index is 3.40. The Hall–Kier alpha value is -1.30. The summed E-state index contributed by atoms with van der Waals surface area (Å²) in [7, 11) is 0. The van der Waals surface area contributed by atoms with Crippen LogP contribution in [0.3, 0.4) is 0 Å². The number of rotatable bonds is 6. The summed E-state index contributed by atoms with van der Waals surface area (Å²) in [6.07, 6.45) is 9.28. The van der Waals surface area contributed by atoms with E-state index in [1.807, 2.05) is 0 Å².